The SMILES string of the molecule is C1=CC[C]([Ti+2](=[C]2CCCCC2)[c]2cc(C3CCCCC3)cc3c2Cc2ccc(C4CCCCC4)cc2-3)=C1.[Cl-].[Cl-]. The van der Waals surface area contributed by atoms with Gasteiger partial charge in [-0.1, -0.05) is 0 Å². The molecule has 0 N–H and O–H groups in total. The Balaban J connectivity index is 0.00000154. The fraction of sp³-hybridized carbons (Fsp3) is 0.528. The van der Waals surface area contributed by atoms with Crippen LogP contribution >= 0.6 is 0 Å². The molecular formula is C36H44Cl2Ti. The summed E-state index contributed by atoms with van der Waals surface area (Å²) in [5, 5.41) is 0. The van der Waals surface area contributed by atoms with Crippen LogP contribution in [0, 0.1) is 0 Å². The van der Waals surface area contributed by atoms with Crippen LogP contribution in [0.5, 0.6) is 0 Å². The molecule has 0 spiro atoms. The third-order valence-corrected chi connectivity index (χ3v) is 15.4. The molecule has 0 saturated heterocycles. The number of hydrogen-bond donors (Lipinski definition) is 0. The summed E-state index contributed by atoms with van der Waals surface area (Å²) in [6, 6.07) is 13.2. The summed E-state index contributed by atoms with van der Waals surface area (Å²) in [6.07, 6.45) is 31.1. The number of rotatable bonds is 4. The average Bonchev–Trinajstić information content (AvgIpc) is 3.63. The normalized spacial score (nSPS) is 20.8. The summed E-state index contributed by atoms with van der Waals surface area (Å²) in [4.78, 5) is 0. The molecule has 0 radical (unpaired) electrons. The van der Waals surface area contributed by atoms with Crippen molar-refractivity contribution in [2.24, 2.45) is 0 Å². The molecule has 2 aromatic carbocycles. The molecule has 2 aromatic rings. The van der Waals surface area contributed by atoms with Crippen LogP contribution in [0.4, 0.5) is 0 Å². The molecule has 0 heterocycles. The van der Waals surface area contributed by atoms with E-state index in [1.54, 1.807) is 33.4 Å². The molecule has 0 nitrogen and oxygen atoms in total. The monoisotopic (exact) mass is 594 g/mol. The summed E-state index contributed by atoms with van der Waals surface area (Å²) in [6.45, 7) is 0. The van der Waals surface area contributed by atoms with E-state index >= 15 is 0 Å². The maximum atomic E-state index is 2.80. The quantitative estimate of drug-likeness (QED) is 0.405. The largest absolute Gasteiger partial charge is 1.00 e. The number of allylic oxidation sites excluding steroid dienone is 4. The number of benzene rings is 2. The zero-order valence-electron chi connectivity index (χ0n) is 23.6. The molecule has 39 heavy (non-hydrogen) atoms. The van der Waals surface area contributed by atoms with Crippen LogP contribution in [0.25, 0.3) is 11.1 Å². The van der Waals surface area contributed by atoms with Gasteiger partial charge in [0.1, 0.15) is 0 Å². The molecule has 206 valence electrons. The first kappa shape index (κ1) is 29.6. The number of hydrogen-bond acceptors (Lipinski definition) is 0. The Labute approximate surface area is 255 Å². The zero-order chi connectivity index (χ0) is 24.6. The van der Waals surface area contributed by atoms with E-state index in [2.05, 4.69) is 48.6 Å². The second kappa shape index (κ2) is 13.4. The summed E-state index contributed by atoms with van der Waals surface area (Å²) >= 11 is -1.68. The van der Waals surface area contributed by atoms with Crippen molar-refractivity contribution in [1.29, 1.82) is 0 Å². The third-order valence-electron chi connectivity index (χ3n) is 10.4. The van der Waals surface area contributed by atoms with Crippen LogP contribution in [0.1, 0.15) is 137 Å². The standard InChI is InChI=1S/C25H29.C6H10.C5H5.2ClH.Ti/c1-3-7-18(8-4-1)20-11-13-22-15-23-14-12-21(17-25(23)24(22)16-20)19-9-5-2-6-10-19;1-2-4-6-5-3-1;1-2-4-5-3-1;;;/h11-13,16-19H,1-10,15H2;1-5H2;1-3H,4H2;2*1H;/q;;;;;+2/p-2. The van der Waals surface area contributed by atoms with E-state index in [-0.39, 0.29) is 24.8 Å². The van der Waals surface area contributed by atoms with E-state index in [1.165, 1.54) is 109 Å². The van der Waals surface area contributed by atoms with Gasteiger partial charge in [0.05, 0.1) is 0 Å². The third kappa shape index (κ3) is 6.02. The molecule has 5 aliphatic rings. The molecule has 0 aliphatic heterocycles. The summed E-state index contributed by atoms with van der Waals surface area (Å²) < 4.78 is 5.70. The van der Waals surface area contributed by atoms with Gasteiger partial charge in [-0.05, 0) is 0 Å². The van der Waals surface area contributed by atoms with Gasteiger partial charge in [-0.15, -0.1) is 0 Å². The Morgan fingerprint density at radius 2 is 1.28 bits per heavy atom. The van der Waals surface area contributed by atoms with E-state index in [0.717, 1.165) is 11.8 Å². The molecule has 3 fully saturated rings. The van der Waals surface area contributed by atoms with Crippen molar-refractivity contribution in [3.8, 4) is 11.1 Å². The fourth-order valence-electron chi connectivity index (χ4n) is 8.35. The minimum atomic E-state index is -1.68. The van der Waals surface area contributed by atoms with Gasteiger partial charge in [-0.25, -0.2) is 0 Å². The smallest absolute Gasteiger partial charge is 1.00 e. The molecule has 7 rings (SSSR count). The second-order valence-corrected chi connectivity index (χ2v) is 16.8. The van der Waals surface area contributed by atoms with Crippen molar-refractivity contribution in [3.63, 3.8) is 0 Å². The average molecular weight is 596 g/mol. The van der Waals surface area contributed by atoms with Gasteiger partial charge >= 0.3 is 232 Å². The first-order valence-electron chi connectivity index (χ1n) is 15.7. The van der Waals surface area contributed by atoms with E-state index in [4.69, 9.17) is 0 Å². The predicted octanol–water partition coefficient (Wildman–Crippen LogP) is 3.59. The van der Waals surface area contributed by atoms with Gasteiger partial charge in [0.2, 0.25) is 0 Å². The van der Waals surface area contributed by atoms with Gasteiger partial charge in [-0.3, -0.25) is 0 Å². The zero-order valence-corrected chi connectivity index (χ0v) is 26.6. The summed E-state index contributed by atoms with van der Waals surface area (Å²) in [5.41, 5.74) is 9.96. The van der Waals surface area contributed by atoms with Crippen molar-refractivity contribution in [1.82, 2.24) is 0 Å². The van der Waals surface area contributed by atoms with Crippen LogP contribution in [-0.4, -0.2) is 3.81 Å². The molecule has 3 heteroatoms. The van der Waals surface area contributed by atoms with E-state index in [1.807, 2.05) is 11.6 Å². The van der Waals surface area contributed by atoms with Gasteiger partial charge in [-0.2, -0.15) is 0 Å². The van der Waals surface area contributed by atoms with E-state index in [9.17, 15) is 0 Å². The van der Waals surface area contributed by atoms with Gasteiger partial charge in [0, 0.05) is 0 Å². The molecule has 0 bridgehead atoms. The molecular weight excluding hydrogens is 551 g/mol. The van der Waals surface area contributed by atoms with Crippen molar-refractivity contribution in [2.45, 2.75) is 121 Å². The Morgan fingerprint density at radius 3 is 1.95 bits per heavy atom. The van der Waals surface area contributed by atoms with Crippen LogP contribution in [-0.2, 0) is 23.8 Å². The molecule has 0 amide bonds. The van der Waals surface area contributed by atoms with Crippen LogP contribution < -0.4 is 28.7 Å². The Bertz CT molecular complexity index is 1260. The maximum absolute atomic E-state index is 2.80. The van der Waals surface area contributed by atoms with Gasteiger partial charge < -0.3 is 24.8 Å². The van der Waals surface area contributed by atoms with Gasteiger partial charge in [0.15, 0.2) is 0 Å². The van der Waals surface area contributed by atoms with Crippen molar-refractivity contribution >= 4 is 7.68 Å². The minimum absolute atomic E-state index is 0. The van der Waals surface area contributed by atoms with E-state index in [0.29, 0.717) is 0 Å². The minimum Gasteiger partial charge on any atom is -1.00 e. The summed E-state index contributed by atoms with van der Waals surface area (Å²) in [7, 11) is 0. The van der Waals surface area contributed by atoms with Crippen LogP contribution in [0.15, 0.2) is 52.4 Å². The van der Waals surface area contributed by atoms with Crippen molar-refractivity contribution < 1.29 is 42.2 Å². The maximum Gasteiger partial charge on any atom is -1.00 e. The molecule has 0 aromatic heterocycles. The first-order valence-corrected chi connectivity index (χ1v) is 18.1. The Hall–Kier alpha value is -0.916. The number of fused-ring (bicyclic) bond motifs is 3. The van der Waals surface area contributed by atoms with Crippen molar-refractivity contribution in [3.05, 3.63) is 74.7 Å². The second-order valence-electron chi connectivity index (χ2n) is 12.7. The molecule has 0 unspecified atom stereocenters. The fourth-order valence-corrected chi connectivity index (χ4v) is 13.7. The van der Waals surface area contributed by atoms with Gasteiger partial charge in [0.25, 0.3) is 0 Å². The van der Waals surface area contributed by atoms with Crippen molar-refractivity contribution in [2.75, 3.05) is 0 Å². The molecule has 3 saturated carbocycles. The number of halogens is 2. The Kier molecular flexibility index (Phi) is 10.1. The Morgan fingerprint density at radius 1 is 0.641 bits per heavy atom. The van der Waals surface area contributed by atoms with E-state index < -0.39 is 17.4 Å². The summed E-state index contributed by atoms with van der Waals surface area (Å²) in [5.74, 6) is 1.58. The predicted molar refractivity (Wildman–Crippen MR) is 156 cm³/mol. The molecule has 5 aliphatic carbocycles. The topological polar surface area (TPSA) is 0 Å². The first-order chi connectivity index (χ1) is 18.3. The van der Waals surface area contributed by atoms with Crippen LogP contribution in [0.3, 0.4) is 0 Å². The van der Waals surface area contributed by atoms with Crippen LogP contribution in [0.2, 0.25) is 0 Å². The molecule has 0 atom stereocenters.